The van der Waals surface area contributed by atoms with E-state index in [1.54, 1.807) is 0 Å². The van der Waals surface area contributed by atoms with Gasteiger partial charge in [0.15, 0.2) is 5.78 Å². The Hall–Kier alpha value is -1.68. The maximum absolute atomic E-state index is 12.3. The Kier molecular flexibility index (Phi) is 4.32. The molecular weight excluding hydrogens is 242 g/mol. The molecule has 0 amide bonds. The molecule has 4 heteroatoms. The summed E-state index contributed by atoms with van der Waals surface area (Å²) in [4.78, 5) is 25.3. The third kappa shape index (κ3) is 3.20. The molecule has 1 heterocycles. The van der Waals surface area contributed by atoms with Crippen molar-refractivity contribution < 1.29 is 14.7 Å². The number of ketones is 1. The average molecular weight is 261 g/mol. The van der Waals surface area contributed by atoms with Gasteiger partial charge in [-0.3, -0.25) is 14.5 Å². The molecular formula is C15H19NO3. The quantitative estimate of drug-likeness (QED) is 0.843. The minimum Gasteiger partial charge on any atom is -0.481 e. The van der Waals surface area contributed by atoms with Crippen LogP contribution in [0.1, 0.15) is 30.1 Å². The largest absolute Gasteiger partial charge is 0.481 e. The van der Waals surface area contributed by atoms with Crippen molar-refractivity contribution in [1.82, 2.24) is 4.90 Å². The van der Waals surface area contributed by atoms with Crippen LogP contribution in [-0.4, -0.2) is 40.9 Å². The zero-order valence-electron chi connectivity index (χ0n) is 11.1. The molecule has 1 aromatic carbocycles. The lowest BCUT2D eigenvalue weighted by Gasteiger charge is -2.33. The number of carbonyl (C=O) groups is 2. The van der Waals surface area contributed by atoms with Gasteiger partial charge < -0.3 is 5.11 Å². The molecule has 1 N–H and O–H groups in total. The maximum atomic E-state index is 12.3. The molecule has 1 aliphatic heterocycles. The van der Waals surface area contributed by atoms with Crippen molar-refractivity contribution in [2.45, 2.75) is 25.8 Å². The first-order valence-electron chi connectivity index (χ1n) is 6.65. The van der Waals surface area contributed by atoms with Crippen LogP contribution in [0.5, 0.6) is 0 Å². The summed E-state index contributed by atoms with van der Waals surface area (Å²) in [7, 11) is 0. The second kappa shape index (κ2) is 5.97. The van der Waals surface area contributed by atoms with Gasteiger partial charge in [0, 0.05) is 5.56 Å². The lowest BCUT2D eigenvalue weighted by Crippen LogP contribution is -2.45. The number of carboxylic acid groups (broad SMARTS) is 1. The first kappa shape index (κ1) is 13.7. The van der Waals surface area contributed by atoms with Gasteiger partial charge >= 0.3 is 5.97 Å². The van der Waals surface area contributed by atoms with Crippen molar-refractivity contribution in [2.24, 2.45) is 5.92 Å². The fourth-order valence-electron chi connectivity index (χ4n) is 2.54. The van der Waals surface area contributed by atoms with Crippen LogP contribution in [-0.2, 0) is 4.79 Å². The minimum absolute atomic E-state index is 0.106. The average Bonchev–Trinajstić information content (AvgIpc) is 2.46. The molecule has 2 rings (SSSR count). The molecule has 0 bridgehead atoms. The normalized spacial score (nSPS) is 19.0. The Bertz CT molecular complexity index is 450. The van der Waals surface area contributed by atoms with Gasteiger partial charge in [-0.15, -0.1) is 0 Å². The van der Waals surface area contributed by atoms with E-state index < -0.39 is 5.97 Å². The summed E-state index contributed by atoms with van der Waals surface area (Å²) < 4.78 is 0. The Morgan fingerprint density at radius 2 is 1.79 bits per heavy atom. The number of likely N-dealkylation sites (tertiary alicyclic amines) is 1. The van der Waals surface area contributed by atoms with Crippen LogP contribution in [0.15, 0.2) is 30.3 Å². The second-order valence-corrected chi connectivity index (χ2v) is 5.05. The molecule has 0 spiro atoms. The second-order valence-electron chi connectivity index (χ2n) is 5.05. The summed E-state index contributed by atoms with van der Waals surface area (Å²) in [5.74, 6) is -0.869. The smallest absolute Gasteiger partial charge is 0.306 e. The van der Waals surface area contributed by atoms with E-state index in [-0.39, 0.29) is 17.7 Å². The highest BCUT2D eigenvalue weighted by molar-refractivity contribution is 5.99. The lowest BCUT2D eigenvalue weighted by molar-refractivity contribution is -0.143. The molecule has 0 radical (unpaired) electrons. The molecule has 102 valence electrons. The molecule has 1 fully saturated rings. The molecule has 0 saturated carbocycles. The van der Waals surface area contributed by atoms with Crippen LogP contribution in [0.4, 0.5) is 0 Å². The highest BCUT2D eigenvalue weighted by Crippen LogP contribution is 2.20. The highest BCUT2D eigenvalue weighted by Gasteiger charge is 2.29. The van der Waals surface area contributed by atoms with Crippen LogP contribution >= 0.6 is 0 Å². The van der Waals surface area contributed by atoms with Crippen LogP contribution in [0.2, 0.25) is 0 Å². The fourth-order valence-corrected chi connectivity index (χ4v) is 2.54. The van der Waals surface area contributed by atoms with Crippen molar-refractivity contribution in [1.29, 1.82) is 0 Å². The van der Waals surface area contributed by atoms with E-state index in [1.807, 2.05) is 37.3 Å². The van der Waals surface area contributed by atoms with Gasteiger partial charge in [0.1, 0.15) is 0 Å². The van der Waals surface area contributed by atoms with Crippen LogP contribution in [0.25, 0.3) is 0 Å². The van der Waals surface area contributed by atoms with Crippen molar-refractivity contribution in [3.63, 3.8) is 0 Å². The minimum atomic E-state index is -0.721. The number of aliphatic carboxylic acids is 1. The molecule has 1 unspecified atom stereocenters. The molecule has 19 heavy (non-hydrogen) atoms. The number of piperidine rings is 1. The number of carbonyl (C=O) groups excluding carboxylic acids is 1. The number of benzene rings is 1. The Morgan fingerprint density at radius 3 is 2.32 bits per heavy atom. The van der Waals surface area contributed by atoms with E-state index in [0.717, 1.165) is 5.56 Å². The third-order valence-electron chi connectivity index (χ3n) is 3.86. The molecule has 0 aromatic heterocycles. The molecule has 1 aromatic rings. The van der Waals surface area contributed by atoms with Crippen molar-refractivity contribution >= 4 is 11.8 Å². The topological polar surface area (TPSA) is 57.6 Å². The first-order chi connectivity index (χ1) is 9.09. The van der Waals surface area contributed by atoms with E-state index in [0.29, 0.717) is 25.9 Å². The zero-order chi connectivity index (χ0) is 13.8. The van der Waals surface area contributed by atoms with Crippen molar-refractivity contribution in [3.8, 4) is 0 Å². The van der Waals surface area contributed by atoms with Crippen LogP contribution in [0.3, 0.4) is 0 Å². The van der Waals surface area contributed by atoms with Gasteiger partial charge in [-0.25, -0.2) is 0 Å². The zero-order valence-corrected chi connectivity index (χ0v) is 11.1. The van der Waals surface area contributed by atoms with E-state index in [2.05, 4.69) is 4.90 Å². The lowest BCUT2D eigenvalue weighted by atomic mass is 9.94. The Balaban J connectivity index is 1.96. The number of hydrogen-bond donors (Lipinski definition) is 1. The molecule has 1 aliphatic rings. The Morgan fingerprint density at radius 1 is 1.21 bits per heavy atom. The Labute approximate surface area is 113 Å². The standard InChI is InChI=1S/C15H19NO3/c1-11(14(17)12-5-3-2-4-6-12)16-9-7-13(8-10-16)15(18)19/h2-6,11,13H,7-10H2,1H3,(H,18,19). The summed E-state index contributed by atoms with van der Waals surface area (Å²) in [5.41, 5.74) is 0.718. The number of hydrogen-bond acceptors (Lipinski definition) is 3. The van der Waals surface area contributed by atoms with E-state index in [9.17, 15) is 9.59 Å². The SMILES string of the molecule is CC(C(=O)c1ccccc1)N1CCC(C(=O)O)CC1. The van der Waals surface area contributed by atoms with Gasteiger partial charge in [-0.2, -0.15) is 0 Å². The number of nitrogens with zero attached hydrogens (tertiary/aromatic N) is 1. The van der Waals surface area contributed by atoms with Crippen molar-refractivity contribution in [3.05, 3.63) is 35.9 Å². The van der Waals surface area contributed by atoms with Gasteiger partial charge in [-0.05, 0) is 32.9 Å². The summed E-state index contributed by atoms with van der Waals surface area (Å²) in [6.45, 7) is 3.25. The molecule has 1 saturated heterocycles. The highest BCUT2D eigenvalue weighted by atomic mass is 16.4. The number of Topliss-reactive ketones (excluding diaryl/α,β-unsaturated/α-hetero) is 1. The first-order valence-corrected chi connectivity index (χ1v) is 6.65. The van der Waals surface area contributed by atoms with E-state index in [1.165, 1.54) is 0 Å². The predicted molar refractivity (Wildman–Crippen MR) is 72.2 cm³/mol. The van der Waals surface area contributed by atoms with Crippen LogP contribution < -0.4 is 0 Å². The molecule has 0 aliphatic carbocycles. The van der Waals surface area contributed by atoms with E-state index >= 15 is 0 Å². The fraction of sp³-hybridized carbons (Fsp3) is 0.467. The molecule has 1 atom stereocenters. The third-order valence-corrected chi connectivity index (χ3v) is 3.86. The van der Waals surface area contributed by atoms with Gasteiger partial charge in [0.25, 0.3) is 0 Å². The van der Waals surface area contributed by atoms with Crippen molar-refractivity contribution in [2.75, 3.05) is 13.1 Å². The van der Waals surface area contributed by atoms with Gasteiger partial charge in [-0.1, -0.05) is 30.3 Å². The van der Waals surface area contributed by atoms with Gasteiger partial charge in [0.05, 0.1) is 12.0 Å². The van der Waals surface area contributed by atoms with Crippen LogP contribution in [0, 0.1) is 5.92 Å². The number of carboxylic acids is 1. The van der Waals surface area contributed by atoms with Gasteiger partial charge in [0.2, 0.25) is 0 Å². The summed E-state index contributed by atoms with van der Waals surface area (Å²) in [5, 5.41) is 8.96. The summed E-state index contributed by atoms with van der Waals surface area (Å²) in [6.07, 6.45) is 1.25. The monoisotopic (exact) mass is 261 g/mol. The number of rotatable bonds is 4. The molecule has 4 nitrogen and oxygen atoms in total. The summed E-state index contributed by atoms with van der Waals surface area (Å²) >= 11 is 0. The predicted octanol–water partition coefficient (Wildman–Crippen LogP) is 2.05. The van der Waals surface area contributed by atoms with E-state index in [4.69, 9.17) is 5.11 Å². The maximum Gasteiger partial charge on any atom is 0.306 e. The summed E-state index contributed by atoms with van der Waals surface area (Å²) in [6, 6.07) is 9.07.